The molecule has 2 aliphatic carbocycles. The topological polar surface area (TPSA) is 78.9 Å². The second-order valence-electron chi connectivity index (χ2n) is 8.36. The molecule has 0 heterocycles. The number of hydrogen-bond acceptors (Lipinski definition) is 6. The van der Waals surface area contributed by atoms with Crippen molar-refractivity contribution in [1.29, 1.82) is 0 Å². The quantitative estimate of drug-likeness (QED) is 0.393. The summed E-state index contributed by atoms with van der Waals surface area (Å²) in [6.07, 6.45) is -4.74. The number of halogens is 3. The average Bonchev–Trinajstić information content (AvgIpc) is 2.64. The van der Waals surface area contributed by atoms with Gasteiger partial charge in [-0.05, 0) is 49.0 Å². The summed E-state index contributed by atoms with van der Waals surface area (Å²) in [5.41, 5.74) is -1.37. The molecule has 2 rings (SSSR count). The van der Waals surface area contributed by atoms with Crippen LogP contribution in [0.4, 0.5) is 13.2 Å². The van der Waals surface area contributed by atoms with Gasteiger partial charge < -0.3 is 14.2 Å². The molecule has 2 saturated carbocycles. The molecular formula is C20H27F3O6. The Balaban J connectivity index is 2.49. The minimum atomic E-state index is -5.16. The molecule has 2 fully saturated rings. The highest BCUT2D eigenvalue weighted by Gasteiger charge is 2.61. The minimum Gasteiger partial charge on any atom is -0.469 e. The molecule has 0 aromatic rings. The van der Waals surface area contributed by atoms with Crippen LogP contribution >= 0.6 is 0 Å². The van der Waals surface area contributed by atoms with Crippen molar-refractivity contribution in [2.75, 3.05) is 14.2 Å². The van der Waals surface area contributed by atoms with E-state index in [-0.39, 0.29) is 18.4 Å². The Kier molecular flexibility index (Phi) is 6.40. The summed E-state index contributed by atoms with van der Waals surface area (Å²) in [6.45, 7) is 7.50. The fourth-order valence-corrected chi connectivity index (χ4v) is 5.28. The van der Waals surface area contributed by atoms with Crippen LogP contribution in [0.5, 0.6) is 0 Å². The molecule has 0 spiro atoms. The van der Waals surface area contributed by atoms with E-state index in [1.54, 1.807) is 6.92 Å². The molecule has 0 aromatic heterocycles. The van der Waals surface area contributed by atoms with Gasteiger partial charge in [-0.25, -0.2) is 4.79 Å². The molecule has 0 bridgehead atoms. The van der Waals surface area contributed by atoms with Crippen molar-refractivity contribution in [2.24, 2.45) is 22.7 Å². The fraction of sp³-hybridized carbons (Fsp3) is 0.750. The molecule has 164 valence electrons. The first-order valence-corrected chi connectivity index (χ1v) is 9.43. The Morgan fingerprint density at radius 3 is 2.28 bits per heavy atom. The van der Waals surface area contributed by atoms with Gasteiger partial charge in [0.05, 0.1) is 26.1 Å². The third-order valence-corrected chi connectivity index (χ3v) is 6.81. The van der Waals surface area contributed by atoms with Crippen LogP contribution in [0.15, 0.2) is 12.2 Å². The van der Waals surface area contributed by atoms with Crippen LogP contribution in [-0.4, -0.2) is 44.4 Å². The molecule has 0 unspecified atom stereocenters. The van der Waals surface area contributed by atoms with Crippen molar-refractivity contribution in [3.63, 3.8) is 0 Å². The highest BCUT2D eigenvalue weighted by molar-refractivity contribution is 5.78. The van der Waals surface area contributed by atoms with E-state index in [1.165, 1.54) is 14.2 Å². The van der Waals surface area contributed by atoms with Crippen LogP contribution in [0.3, 0.4) is 0 Å². The van der Waals surface area contributed by atoms with Crippen molar-refractivity contribution < 1.29 is 41.8 Å². The lowest BCUT2D eigenvalue weighted by Crippen LogP contribution is -2.57. The largest absolute Gasteiger partial charge is 0.490 e. The van der Waals surface area contributed by atoms with Gasteiger partial charge in [-0.1, -0.05) is 19.9 Å². The summed E-state index contributed by atoms with van der Waals surface area (Å²) in [5.74, 6) is -4.42. The van der Waals surface area contributed by atoms with E-state index in [0.29, 0.717) is 19.3 Å². The predicted octanol–water partition coefficient (Wildman–Crippen LogP) is 3.59. The van der Waals surface area contributed by atoms with Gasteiger partial charge >= 0.3 is 24.1 Å². The van der Waals surface area contributed by atoms with Gasteiger partial charge in [-0.15, -0.1) is 0 Å². The lowest BCUT2D eigenvalue weighted by Gasteiger charge is -2.58. The zero-order chi connectivity index (χ0) is 22.2. The van der Waals surface area contributed by atoms with E-state index in [4.69, 9.17) is 14.2 Å². The van der Waals surface area contributed by atoms with Gasteiger partial charge in [0.25, 0.3) is 0 Å². The lowest BCUT2D eigenvalue weighted by atomic mass is 9.46. The molecule has 6 nitrogen and oxygen atoms in total. The van der Waals surface area contributed by atoms with Gasteiger partial charge in [0.1, 0.15) is 6.10 Å². The van der Waals surface area contributed by atoms with Crippen molar-refractivity contribution >= 4 is 17.9 Å². The van der Waals surface area contributed by atoms with Gasteiger partial charge in [-0.3, -0.25) is 9.59 Å². The van der Waals surface area contributed by atoms with Crippen LogP contribution in [0.25, 0.3) is 0 Å². The third kappa shape index (κ3) is 4.14. The van der Waals surface area contributed by atoms with E-state index in [0.717, 1.165) is 0 Å². The van der Waals surface area contributed by atoms with Crippen LogP contribution in [0.2, 0.25) is 0 Å². The second-order valence-corrected chi connectivity index (χ2v) is 8.36. The summed E-state index contributed by atoms with van der Waals surface area (Å²) < 4.78 is 52.8. The maximum atomic E-state index is 12.8. The highest BCUT2D eigenvalue weighted by Crippen LogP contribution is 2.62. The smallest absolute Gasteiger partial charge is 0.469 e. The Hall–Kier alpha value is -2.06. The summed E-state index contributed by atoms with van der Waals surface area (Å²) in [6, 6.07) is 0. The average molecular weight is 420 g/mol. The molecule has 2 aliphatic rings. The number of esters is 3. The van der Waals surface area contributed by atoms with Gasteiger partial charge in [-0.2, -0.15) is 13.2 Å². The molecule has 9 heteroatoms. The lowest BCUT2D eigenvalue weighted by molar-refractivity contribution is -0.209. The van der Waals surface area contributed by atoms with E-state index < -0.39 is 52.9 Å². The zero-order valence-electron chi connectivity index (χ0n) is 17.1. The van der Waals surface area contributed by atoms with E-state index >= 15 is 0 Å². The molecule has 0 aliphatic heterocycles. The van der Waals surface area contributed by atoms with Crippen molar-refractivity contribution in [3.8, 4) is 0 Å². The summed E-state index contributed by atoms with van der Waals surface area (Å²) in [7, 11) is 2.47. The molecule has 0 aromatic carbocycles. The summed E-state index contributed by atoms with van der Waals surface area (Å²) in [4.78, 5) is 36.1. The first-order valence-electron chi connectivity index (χ1n) is 9.43. The maximum Gasteiger partial charge on any atom is 0.490 e. The zero-order valence-corrected chi connectivity index (χ0v) is 17.1. The van der Waals surface area contributed by atoms with Crippen molar-refractivity contribution in [2.45, 2.75) is 58.2 Å². The number of carbonyl (C=O) groups excluding carboxylic acids is 3. The van der Waals surface area contributed by atoms with E-state index in [1.807, 2.05) is 6.92 Å². The second kappa shape index (κ2) is 7.99. The summed E-state index contributed by atoms with van der Waals surface area (Å²) in [5, 5.41) is 0. The van der Waals surface area contributed by atoms with Gasteiger partial charge in [0.15, 0.2) is 0 Å². The minimum absolute atomic E-state index is 0.000423. The molecule has 0 saturated heterocycles. The number of fused-ring (bicyclic) bond motifs is 1. The molecule has 0 radical (unpaired) electrons. The van der Waals surface area contributed by atoms with Crippen LogP contribution < -0.4 is 0 Å². The fourth-order valence-electron chi connectivity index (χ4n) is 5.28. The van der Waals surface area contributed by atoms with Crippen LogP contribution in [0.1, 0.15) is 46.0 Å². The number of hydrogen-bond donors (Lipinski definition) is 0. The predicted molar refractivity (Wildman–Crippen MR) is 95.4 cm³/mol. The summed E-state index contributed by atoms with van der Waals surface area (Å²) >= 11 is 0. The first-order chi connectivity index (χ1) is 13.3. The number of alkyl halides is 3. The molecular weight excluding hydrogens is 393 g/mol. The Labute approximate surface area is 167 Å². The standard InChI is InChI=1S/C20H27F3O6/c1-11-12(9-15(24)27-4)18(2)7-6-8-19(3,16(25)28-5)14(18)10-13(11)29-17(26)20(21,22)23/h12-14H,1,6-10H2,2-5H3/t12-,13+,14+,18+,19-/m0/s1. The molecule has 29 heavy (non-hydrogen) atoms. The number of methoxy groups -OCH3 is 2. The monoisotopic (exact) mass is 420 g/mol. The molecule has 0 amide bonds. The van der Waals surface area contributed by atoms with Crippen molar-refractivity contribution in [1.82, 2.24) is 0 Å². The van der Waals surface area contributed by atoms with Crippen LogP contribution in [0, 0.1) is 22.7 Å². The van der Waals surface area contributed by atoms with E-state index in [2.05, 4.69) is 6.58 Å². The Morgan fingerprint density at radius 2 is 1.76 bits per heavy atom. The Morgan fingerprint density at radius 1 is 1.14 bits per heavy atom. The van der Waals surface area contributed by atoms with Gasteiger partial charge in [0, 0.05) is 0 Å². The third-order valence-electron chi connectivity index (χ3n) is 6.81. The van der Waals surface area contributed by atoms with E-state index in [9.17, 15) is 27.6 Å². The normalized spacial score (nSPS) is 34.7. The highest BCUT2D eigenvalue weighted by atomic mass is 19.4. The van der Waals surface area contributed by atoms with Gasteiger partial charge in [0.2, 0.25) is 0 Å². The molecule has 5 atom stereocenters. The number of rotatable bonds is 4. The van der Waals surface area contributed by atoms with Crippen LogP contribution in [-0.2, 0) is 28.6 Å². The number of carbonyl (C=O) groups is 3. The SMILES string of the molecule is C=C1[C@H](OC(=O)C(F)(F)F)C[C@@H]2[C@](C)(CCC[C@]2(C)C(=O)OC)[C@H]1CC(=O)OC. The first kappa shape index (κ1) is 23.2. The number of ether oxygens (including phenoxy) is 3. The van der Waals surface area contributed by atoms with Crippen molar-refractivity contribution in [3.05, 3.63) is 12.2 Å². The maximum absolute atomic E-state index is 12.8. The molecule has 0 N–H and O–H groups in total. The Bertz CT molecular complexity index is 703.